The molecule has 0 aliphatic carbocycles. The Morgan fingerprint density at radius 1 is 0.700 bits per heavy atom. The molecular weight excluding hydrogens is 252 g/mol. The van der Waals surface area contributed by atoms with E-state index in [0.29, 0.717) is 6.61 Å². The Morgan fingerprint density at radius 3 is 1.50 bits per heavy atom. The first kappa shape index (κ1) is 19.9. The molecule has 0 rings (SSSR count). The second kappa shape index (κ2) is 16.9. The lowest BCUT2D eigenvalue weighted by Crippen LogP contribution is -2.16. The van der Waals surface area contributed by atoms with Crippen LogP contribution in [0.5, 0.6) is 0 Å². The number of aliphatic hydroxyl groups is 2. The largest absolute Gasteiger partial charge is 0.391 e. The molecule has 122 valence electrons. The van der Waals surface area contributed by atoms with E-state index in [-0.39, 0.29) is 6.61 Å². The van der Waals surface area contributed by atoms with Crippen LogP contribution in [0.25, 0.3) is 0 Å². The normalized spacial score (nSPS) is 12.8. The molecule has 0 aliphatic rings. The summed E-state index contributed by atoms with van der Waals surface area (Å²) in [6.07, 6.45) is 16.3. The van der Waals surface area contributed by atoms with Gasteiger partial charge in [0.2, 0.25) is 0 Å². The number of unbranched alkanes of at least 4 members (excludes halogenated alkanes) is 12. The van der Waals surface area contributed by atoms with Crippen LogP contribution in [0.2, 0.25) is 0 Å². The summed E-state index contributed by atoms with van der Waals surface area (Å²) in [6.45, 7) is 2.51. The summed E-state index contributed by atoms with van der Waals surface area (Å²) >= 11 is 0. The van der Waals surface area contributed by atoms with Gasteiger partial charge in [0.1, 0.15) is 0 Å². The Hall–Kier alpha value is -0.120. The predicted molar refractivity (Wildman–Crippen MR) is 84.7 cm³/mol. The SMILES string of the molecule is CCCCCCCCCCCCCCCOC(O)CO. The van der Waals surface area contributed by atoms with Crippen LogP contribution in [0.15, 0.2) is 0 Å². The zero-order valence-electron chi connectivity index (χ0n) is 13.5. The standard InChI is InChI=1S/C17H36O3/c1-2-3-4-5-6-7-8-9-10-11-12-13-14-15-20-17(19)16-18/h17-19H,2-16H2,1H3. The molecule has 0 fully saturated rings. The zero-order valence-corrected chi connectivity index (χ0v) is 13.5. The van der Waals surface area contributed by atoms with Gasteiger partial charge < -0.3 is 14.9 Å². The highest BCUT2D eigenvalue weighted by atomic mass is 16.6. The van der Waals surface area contributed by atoms with Crippen LogP contribution < -0.4 is 0 Å². The topological polar surface area (TPSA) is 49.7 Å². The molecule has 0 aromatic carbocycles. The first-order valence-corrected chi connectivity index (χ1v) is 8.71. The molecule has 1 atom stereocenters. The van der Waals surface area contributed by atoms with E-state index in [4.69, 9.17) is 14.9 Å². The first-order chi connectivity index (χ1) is 9.81. The Morgan fingerprint density at radius 2 is 1.10 bits per heavy atom. The molecule has 0 aromatic rings. The van der Waals surface area contributed by atoms with Crippen molar-refractivity contribution < 1.29 is 14.9 Å². The van der Waals surface area contributed by atoms with Crippen molar-refractivity contribution >= 4 is 0 Å². The Balaban J connectivity index is 2.96. The molecule has 0 radical (unpaired) electrons. The Kier molecular flexibility index (Phi) is 16.8. The second-order valence-electron chi connectivity index (χ2n) is 5.75. The zero-order chi connectivity index (χ0) is 14.9. The summed E-state index contributed by atoms with van der Waals surface area (Å²) in [5.74, 6) is 0. The lowest BCUT2D eigenvalue weighted by molar-refractivity contribution is -0.125. The number of hydrogen-bond acceptors (Lipinski definition) is 3. The molecule has 20 heavy (non-hydrogen) atoms. The van der Waals surface area contributed by atoms with Crippen molar-refractivity contribution in [3.63, 3.8) is 0 Å². The summed E-state index contributed by atoms with van der Waals surface area (Å²) in [5, 5.41) is 17.5. The van der Waals surface area contributed by atoms with Crippen molar-refractivity contribution in [1.29, 1.82) is 0 Å². The molecule has 0 aliphatic heterocycles. The molecule has 1 unspecified atom stereocenters. The third-order valence-corrected chi connectivity index (χ3v) is 3.71. The number of hydrogen-bond donors (Lipinski definition) is 2. The van der Waals surface area contributed by atoms with E-state index in [2.05, 4.69) is 6.92 Å². The average molecular weight is 288 g/mol. The van der Waals surface area contributed by atoms with Gasteiger partial charge >= 0.3 is 0 Å². The second-order valence-corrected chi connectivity index (χ2v) is 5.75. The first-order valence-electron chi connectivity index (χ1n) is 8.71. The highest BCUT2D eigenvalue weighted by molar-refractivity contribution is 4.49. The summed E-state index contributed by atoms with van der Waals surface area (Å²) in [7, 11) is 0. The maximum absolute atomic E-state index is 8.98. The van der Waals surface area contributed by atoms with Crippen molar-refractivity contribution in [3.05, 3.63) is 0 Å². The van der Waals surface area contributed by atoms with Crippen molar-refractivity contribution in [1.82, 2.24) is 0 Å². The Bertz CT molecular complexity index is 174. The number of ether oxygens (including phenoxy) is 1. The third-order valence-electron chi connectivity index (χ3n) is 3.71. The van der Waals surface area contributed by atoms with Gasteiger partial charge in [-0.2, -0.15) is 0 Å². The van der Waals surface area contributed by atoms with Crippen LogP contribution in [0.1, 0.15) is 90.4 Å². The fourth-order valence-electron chi connectivity index (χ4n) is 2.39. The van der Waals surface area contributed by atoms with Crippen LogP contribution in [-0.2, 0) is 4.74 Å². The molecule has 0 saturated carbocycles. The highest BCUT2D eigenvalue weighted by Crippen LogP contribution is 2.12. The van der Waals surface area contributed by atoms with Gasteiger partial charge in [0.25, 0.3) is 0 Å². The molecule has 0 heterocycles. The highest BCUT2D eigenvalue weighted by Gasteiger charge is 1.99. The number of rotatable bonds is 16. The van der Waals surface area contributed by atoms with E-state index in [1.165, 1.54) is 70.6 Å². The molecule has 0 spiro atoms. The predicted octanol–water partition coefficient (Wildman–Crippen LogP) is 4.40. The lowest BCUT2D eigenvalue weighted by Gasteiger charge is -2.08. The van der Waals surface area contributed by atoms with E-state index in [0.717, 1.165) is 12.8 Å². The lowest BCUT2D eigenvalue weighted by atomic mass is 10.0. The molecule has 3 nitrogen and oxygen atoms in total. The smallest absolute Gasteiger partial charge is 0.177 e. The fourth-order valence-corrected chi connectivity index (χ4v) is 2.39. The maximum atomic E-state index is 8.98. The van der Waals surface area contributed by atoms with Crippen molar-refractivity contribution in [2.75, 3.05) is 13.2 Å². The van der Waals surface area contributed by atoms with Crippen molar-refractivity contribution in [2.24, 2.45) is 0 Å². The van der Waals surface area contributed by atoms with Gasteiger partial charge in [-0.25, -0.2) is 0 Å². The van der Waals surface area contributed by atoms with E-state index < -0.39 is 6.29 Å². The minimum Gasteiger partial charge on any atom is -0.391 e. The van der Waals surface area contributed by atoms with Gasteiger partial charge in [0.15, 0.2) is 6.29 Å². The average Bonchev–Trinajstić information content (AvgIpc) is 2.47. The van der Waals surface area contributed by atoms with Crippen LogP contribution >= 0.6 is 0 Å². The van der Waals surface area contributed by atoms with Gasteiger partial charge in [-0.05, 0) is 6.42 Å². The van der Waals surface area contributed by atoms with Crippen molar-refractivity contribution in [3.8, 4) is 0 Å². The summed E-state index contributed by atoms with van der Waals surface area (Å²) in [5.41, 5.74) is 0. The number of aliphatic hydroxyl groups excluding tert-OH is 2. The molecule has 0 aromatic heterocycles. The van der Waals surface area contributed by atoms with E-state index in [1.807, 2.05) is 0 Å². The fraction of sp³-hybridized carbons (Fsp3) is 1.00. The van der Waals surface area contributed by atoms with E-state index in [9.17, 15) is 0 Å². The van der Waals surface area contributed by atoms with Crippen LogP contribution in [0.3, 0.4) is 0 Å². The van der Waals surface area contributed by atoms with Gasteiger partial charge in [-0.15, -0.1) is 0 Å². The summed E-state index contributed by atoms with van der Waals surface area (Å²) in [6, 6.07) is 0. The molecule has 2 N–H and O–H groups in total. The van der Waals surface area contributed by atoms with Crippen LogP contribution in [0.4, 0.5) is 0 Å². The van der Waals surface area contributed by atoms with E-state index in [1.54, 1.807) is 0 Å². The molecule has 3 heteroatoms. The minimum atomic E-state index is -0.993. The van der Waals surface area contributed by atoms with Crippen LogP contribution in [0, 0.1) is 0 Å². The van der Waals surface area contributed by atoms with Crippen LogP contribution in [-0.4, -0.2) is 29.7 Å². The monoisotopic (exact) mass is 288 g/mol. The quantitative estimate of drug-likeness (QED) is 0.327. The molecule has 0 amide bonds. The molecule has 0 saturated heterocycles. The molecular formula is C17H36O3. The van der Waals surface area contributed by atoms with Crippen molar-refractivity contribution in [2.45, 2.75) is 96.7 Å². The van der Waals surface area contributed by atoms with Gasteiger partial charge in [-0.1, -0.05) is 84.0 Å². The van der Waals surface area contributed by atoms with Gasteiger partial charge in [0, 0.05) is 6.61 Å². The minimum absolute atomic E-state index is 0.307. The van der Waals surface area contributed by atoms with E-state index >= 15 is 0 Å². The molecule has 0 bridgehead atoms. The maximum Gasteiger partial charge on any atom is 0.177 e. The summed E-state index contributed by atoms with van der Waals surface area (Å²) in [4.78, 5) is 0. The summed E-state index contributed by atoms with van der Waals surface area (Å²) < 4.78 is 5.00. The Labute approximate surface area is 125 Å². The van der Waals surface area contributed by atoms with Gasteiger partial charge in [0.05, 0.1) is 6.61 Å². The third kappa shape index (κ3) is 15.9. The van der Waals surface area contributed by atoms with Gasteiger partial charge in [-0.3, -0.25) is 0 Å².